The highest BCUT2D eigenvalue weighted by atomic mass is 32.2. The number of rotatable bonds is 3. The third kappa shape index (κ3) is 4.05. The Kier molecular flexibility index (Phi) is 4.76. The molecule has 140 valence electrons. The molecule has 2 heterocycles. The van der Waals surface area contributed by atoms with Gasteiger partial charge in [-0.2, -0.15) is 13.2 Å². The number of hydrogen-bond donors (Lipinski definition) is 1. The van der Waals surface area contributed by atoms with Crippen LogP contribution in [0.25, 0.3) is 0 Å². The lowest BCUT2D eigenvalue weighted by molar-refractivity contribution is -0.141. The zero-order valence-electron chi connectivity index (χ0n) is 13.5. The summed E-state index contributed by atoms with van der Waals surface area (Å²) >= 11 is 0. The van der Waals surface area contributed by atoms with Crippen LogP contribution in [0.5, 0.6) is 0 Å². The van der Waals surface area contributed by atoms with Gasteiger partial charge in [-0.1, -0.05) is 0 Å². The third-order valence-corrected chi connectivity index (χ3v) is 5.01. The summed E-state index contributed by atoms with van der Waals surface area (Å²) in [7, 11) is -3.74. The molecule has 1 aromatic carbocycles. The topological polar surface area (TPSA) is 92.4 Å². The number of sulfonamides is 1. The predicted octanol–water partition coefficient (Wildman–Crippen LogP) is 1.47. The van der Waals surface area contributed by atoms with Gasteiger partial charge >= 0.3 is 6.18 Å². The first-order valence-corrected chi connectivity index (χ1v) is 9.21. The second-order valence-electron chi connectivity index (χ2n) is 5.77. The highest BCUT2D eigenvalue weighted by molar-refractivity contribution is 7.89. The molecule has 0 atom stereocenters. The molecule has 0 radical (unpaired) electrons. The van der Waals surface area contributed by atoms with Gasteiger partial charge in [-0.25, -0.2) is 23.5 Å². The van der Waals surface area contributed by atoms with Gasteiger partial charge in [0.15, 0.2) is 0 Å². The number of nitrogens with zero attached hydrogens (tertiary/aromatic N) is 4. The summed E-state index contributed by atoms with van der Waals surface area (Å²) in [6.45, 7) is 2.07. The van der Waals surface area contributed by atoms with E-state index < -0.39 is 21.9 Å². The summed E-state index contributed by atoms with van der Waals surface area (Å²) in [5.41, 5.74) is -0.153. The number of benzene rings is 1. The first-order valence-electron chi connectivity index (χ1n) is 7.66. The Bertz CT molecular complexity index is 879. The van der Waals surface area contributed by atoms with Gasteiger partial charge in [-0.05, 0) is 24.3 Å². The Morgan fingerprint density at radius 2 is 1.54 bits per heavy atom. The molecule has 2 N–H and O–H groups in total. The molecule has 26 heavy (non-hydrogen) atoms. The fourth-order valence-electron chi connectivity index (χ4n) is 2.72. The third-order valence-electron chi connectivity index (χ3n) is 4.08. The molecule has 0 amide bonds. The number of aromatic nitrogens is 2. The van der Waals surface area contributed by atoms with Crippen LogP contribution >= 0.6 is 0 Å². The summed E-state index contributed by atoms with van der Waals surface area (Å²) in [5, 5.41) is 5.07. The average Bonchev–Trinajstić information content (AvgIpc) is 2.61. The molecule has 0 unspecified atom stereocenters. The molecular formula is C15H16F3N5O2S. The molecule has 1 aliphatic rings. The fraction of sp³-hybridized carbons (Fsp3) is 0.333. The maximum Gasteiger partial charge on any atom is 0.433 e. The summed E-state index contributed by atoms with van der Waals surface area (Å²) in [5.74, 6) is 0.233. The van der Waals surface area contributed by atoms with E-state index in [-0.39, 0.29) is 10.7 Å². The van der Waals surface area contributed by atoms with Crippen molar-refractivity contribution < 1.29 is 21.6 Å². The largest absolute Gasteiger partial charge is 0.433 e. The summed E-state index contributed by atoms with van der Waals surface area (Å²) in [4.78, 5) is 11.0. The second-order valence-corrected chi connectivity index (χ2v) is 7.33. The lowest BCUT2D eigenvalue weighted by Crippen LogP contribution is -2.47. The molecule has 1 saturated heterocycles. The van der Waals surface area contributed by atoms with Crippen molar-refractivity contribution >= 4 is 21.5 Å². The molecule has 7 nitrogen and oxygen atoms in total. The van der Waals surface area contributed by atoms with Crippen LogP contribution in [0.15, 0.2) is 41.6 Å². The van der Waals surface area contributed by atoms with E-state index in [1.807, 2.05) is 4.90 Å². The molecule has 1 fully saturated rings. The minimum Gasteiger partial charge on any atom is -0.368 e. The quantitative estimate of drug-likeness (QED) is 0.858. The molecule has 2 aromatic rings. The Labute approximate surface area is 148 Å². The minimum atomic E-state index is -4.51. The highest BCUT2D eigenvalue weighted by Gasteiger charge is 2.33. The van der Waals surface area contributed by atoms with Crippen molar-refractivity contribution in [1.82, 2.24) is 9.97 Å². The van der Waals surface area contributed by atoms with Gasteiger partial charge in [0.05, 0.1) is 4.90 Å². The Hall–Kier alpha value is -2.40. The van der Waals surface area contributed by atoms with Crippen molar-refractivity contribution in [3.8, 4) is 0 Å². The van der Waals surface area contributed by atoms with E-state index >= 15 is 0 Å². The molecule has 3 rings (SSSR count). The van der Waals surface area contributed by atoms with Crippen LogP contribution in [-0.4, -0.2) is 44.6 Å². The predicted molar refractivity (Wildman–Crippen MR) is 89.3 cm³/mol. The van der Waals surface area contributed by atoms with E-state index in [4.69, 9.17) is 5.14 Å². The lowest BCUT2D eigenvalue weighted by atomic mass is 10.2. The van der Waals surface area contributed by atoms with Gasteiger partial charge in [0.25, 0.3) is 0 Å². The van der Waals surface area contributed by atoms with E-state index in [1.165, 1.54) is 12.1 Å². The zero-order chi connectivity index (χ0) is 18.9. The first-order chi connectivity index (χ1) is 12.1. The maximum absolute atomic E-state index is 12.8. The van der Waals surface area contributed by atoms with E-state index in [0.717, 1.165) is 18.1 Å². The summed E-state index contributed by atoms with van der Waals surface area (Å²) < 4.78 is 60.9. The average molecular weight is 387 g/mol. The Morgan fingerprint density at radius 3 is 2.08 bits per heavy atom. The maximum atomic E-state index is 12.8. The van der Waals surface area contributed by atoms with Gasteiger partial charge in [-0.15, -0.1) is 0 Å². The number of primary sulfonamides is 1. The summed E-state index contributed by atoms with van der Waals surface area (Å²) in [6.07, 6.45) is -3.60. The molecule has 0 saturated carbocycles. The SMILES string of the molecule is NS(=O)(=O)c1ccc(N2CCN(c3cc(C(F)(F)F)ncn3)CC2)cc1. The van der Waals surface area contributed by atoms with Crippen LogP contribution in [0.4, 0.5) is 24.7 Å². The molecular weight excluding hydrogens is 371 g/mol. The van der Waals surface area contributed by atoms with Crippen molar-refractivity contribution in [3.63, 3.8) is 0 Å². The smallest absolute Gasteiger partial charge is 0.368 e. The van der Waals surface area contributed by atoms with Crippen LogP contribution < -0.4 is 14.9 Å². The molecule has 1 aromatic heterocycles. The fourth-order valence-corrected chi connectivity index (χ4v) is 3.23. The number of hydrogen-bond acceptors (Lipinski definition) is 6. The number of alkyl halides is 3. The number of piperazine rings is 1. The van der Waals surface area contributed by atoms with Crippen LogP contribution in [0.3, 0.4) is 0 Å². The Morgan fingerprint density at radius 1 is 0.962 bits per heavy atom. The van der Waals surface area contributed by atoms with Crippen LogP contribution in [-0.2, 0) is 16.2 Å². The standard InChI is InChI=1S/C15H16F3N5O2S/c16-15(17,18)13-9-14(21-10-20-13)23-7-5-22(6-8-23)11-1-3-12(4-2-11)26(19,24)25/h1-4,9-10H,5-8H2,(H2,19,24,25). The minimum absolute atomic E-state index is 0.0283. The van der Waals surface area contributed by atoms with Crippen molar-refractivity contribution in [3.05, 3.63) is 42.4 Å². The lowest BCUT2D eigenvalue weighted by Gasteiger charge is -2.36. The monoisotopic (exact) mass is 387 g/mol. The normalized spacial score (nSPS) is 16.0. The van der Waals surface area contributed by atoms with Gasteiger partial charge in [-0.3, -0.25) is 0 Å². The highest BCUT2D eigenvalue weighted by Crippen LogP contribution is 2.29. The van der Waals surface area contributed by atoms with E-state index in [9.17, 15) is 21.6 Å². The van der Waals surface area contributed by atoms with Crippen molar-refractivity contribution in [2.45, 2.75) is 11.1 Å². The van der Waals surface area contributed by atoms with Gasteiger partial charge in [0.1, 0.15) is 17.8 Å². The van der Waals surface area contributed by atoms with E-state index in [1.54, 1.807) is 17.0 Å². The number of anilines is 2. The second kappa shape index (κ2) is 6.72. The van der Waals surface area contributed by atoms with Crippen LogP contribution in [0, 0.1) is 0 Å². The Balaban J connectivity index is 1.68. The summed E-state index contributed by atoms with van der Waals surface area (Å²) in [6, 6.07) is 7.11. The number of nitrogens with two attached hydrogens (primary N) is 1. The molecule has 0 aliphatic carbocycles. The van der Waals surface area contributed by atoms with Gasteiger partial charge < -0.3 is 9.80 Å². The van der Waals surface area contributed by atoms with E-state index in [0.29, 0.717) is 26.2 Å². The van der Waals surface area contributed by atoms with Crippen molar-refractivity contribution in [1.29, 1.82) is 0 Å². The number of halogens is 3. The molecule has 0 bridgehead atoms. The van der Waals surface area contributed by atoms with Crippen LogP contribution in [0.1, 0.15) is 5.69 Å². The first kappa shape index (κ1) is 18.4. The zero-order valence-corrected chi connectivity index (χ0v) is 14.3. The molecule has 1 aliphatic heterocycles. The van der Waals surface area contributed by atoms with Crippen molar-refractivity contribution in [2.75, 3.05) is 36.0 Å². The van der Waals surface area contributed by atoms with Gasteiger partial charge in [0, 0.05) is 37.9 Å². The van der Waals surface area contributed by atoms with Crippen molar-refractivity contribution in [2.24, 2.45) is 5.14 Å². The molecule has 0 spiro atoms. The van der Waals surface area contributed by atoms with Gasteiger partial charge in [0.2, 0.25) is 10.0 Å². The molecule has 11 heteroatoms. The van der Waals surface area contributed by atoms with Crippen LogP contribution in [0.2, 0.25) is 0 Å². The van der Waals surface area contributed by atoms with E-state index in [2.05, 4.69) is 9.97 Å².